The van der Waals surface area contributed by atoms with Crippen LogP contribution in [0.5, 0.6) is 5.75 Å². The van der Waals surface area contributed by atoms with Crippen LogP contribution in [-0.4, -0.2) is 42.5 Å². The van der Waals surface area contributed by atoms with Crippen LogP contribution < -0.4 is 15.4 Å². The van der Waals surface area contributed by atoms with Crippen LogP contribution >= 0.6 is 0 Å². The van der Waals surface area contributed by atoms with Crippen molar-refractivity contribution in [3.05, 3.63) is 63.7 Å². The van der Waals surface area contributed by atoms with E-state index in [-0.39, 0.29) is 22.5 Å². The Morgan fingerprint density at radius 3 is 2.27 bits per heavy atom. The molecule has 0 aliphatic heterocycles. The van der Waals surface area contributed by atoms with Gasteiger partial charge in [0, 0.05) is 17.7 Å². The van der Waals surface area contributed by atoms with Crippen LogP contribution in [0, 0.1) is 10.1 Å². The van der Waals surface area contributed by atoms with Gasteiger partial charge in [-0.15, -0.1) is 0 Å². The maximum Gasteiger partial charge on any atom is 0.326 e. The van der Waals surface area contributed by atoms with E-state index in [1.807, 2.05) is 12.1 Å². The second kappa shape index (κ2) is 10.6. The lowest BCUT2D eigenvalue weighted by Crippen LogP contribution is -2.35. The largest absolute Gasteiger partial charge is 0.495 e. The second-order valence-corrected chi connectivity index (χ2v) is 8.27. The minimum atomic E-state index is -1.22. The van der Waals surface area contributed by atoms with Crippen LogP contribution in [-0.2, 0) is 19.7 Å². The van der Waals surface area contributed by atoms with Crippen LogP contribution in [0.25, 0.3) is 0 Å². The number of anilines is 1. The Morgan fingerprint density at radius 2 is 1.73 bits per heavy atom. The topological polar surface area (TPSA) is 137 Å². The van der Waals surface area contributed by atoms with Crippen molar-refractivity contribution < 1.29 is 28.8 Å². The van der Waals surface area contributed by atoms with Gasteiger partial charge in [0.05, 0.1) is 17.7 Å². The van der Waals surface area contributed by atoms with Crippen molar-refractivity contribution in [3.8, 4) is 5.75 Å². The number of rotatable bonds is 8. The molecule has 0 fully saturated rings. The molecule has 1 unspecified atom stereocenters. The van der Waals surface area contributed by atoms with E-state index in [1.54, 1.807) is 12.1 Å². The smallest absolute Gasteiger partial charge is 0.326 e. The van der Waals surface area contributed by atoms with Crippen molar-refractivity contribution in [2.45, 2.75) is 39.2 Å². The summed E-state index contributed by atoms with van der Waals surface area (Å²) < 4.78 is 10.1. The summed E-state index contributed by atoms with van der Waals surface area (Å²) in [5, 5.41) is 15.8. The zero-order valence-corrected chi connectivity index (χ0v) is 19.1. The number of carbonyl (C=O) groups excluding carboxylic acids is 3. The predicted octanol–water partition coefficient (Wildman–Crippen LogP) is 3.20. The molecule has 0 radical (unpaired) electrons. The van der Waals surface area contributed by atoms with Crippen LogP contribution in [0.3, 0.4) is 0 Å². The standard InChI is InChI=1S/C23H27N3O7/c1-14(21(28)25-18-12-17(26(30)31)10-11-19(18)32-5)33-20(27)13-24-22(29)15-6-8-16(9-7-15)23(2,3)4/h6-12,14H,13H2,1-5H3,(H,24,29)(H,25,28). The third kappa shape index (κ3) is 7.03. The lowest BCUT2D eigenvalue weighted by atomic mass is 9.87. The Labute approximate surface area is 191 Å². The minimum Gasteiger partial charge on any atom is -0.495 e. The van der Waals surface area contributed by atoms with Gasteiger partial charge in [-0.05, 0) is 36.1 Å². The second-order valence-electron chi connectivity index (χ2n) is 8.27. The molecular weight excluding hydrogens is 430 g/mol. The first-order valence-corrected chi connectivity index (χ1v) is 10.1. The first-order chi connectivity index (χ1) is 15.4. The number of nitro groups is 1. The number of nitro benzene ring substituents is 1. The number of nitrogens with zero attached hydrogens (tertiary/aromatic N) is 1. The van der Waals surface area contributed by atoms with Gasteiger partial charge in [0.2, 0.25) is 0 Å². The number of carbonyl (C=O) groups is 3. The molecule has 1 atom stereocenters. The van der Waals surface area contributed by atoms with E-state index in [4.69, 9.17) is 9.47 Å². The molecule has 0 saturated carbocycles. The van der Waals surface area contributed by atoms with Gasteiger partial charge in [0.25, 0.3) is 17.5 Å². The Hall–Kier alpha value is -3.95. The van der Waals surface area contributed by atoms with Crippen LogP contribution in [0.1, 0.15) is 43.6 Å². The number of benzene rings is 2. The van der Waals surface area contributed by atoms with Crippen molar-refractivity contribution in [2.75, 3.05) is 19.0 Å². The maximum atomic E-state index is 12.4. The van der Waals surface area contributed by atoms with Crippen LogP contribution in [0.4, 0.5) is 11.4 Å². The normalized spacial score (nSPS) is 11.8. The zero-order chi connectivity index (χ0) is 24.8. The fourth-order valence-electron chi connectivity index (χ4n) is 2.81. The van der Waals surface area contributed by atoms with E-state index in [9.17, 15) is 24.5 Å². The molecule has 2 amide bonds. The number of non-ortho nitro benzene ring substituents is 1. The number of amides is 2. The highest BCUT2D eigenvalue weighted by Gasteiger charge is 2.21. The highest BCUT2D eigenvalue weighted by molar-refractivity contribution is 5.98. The first kappa shape index (κ1) is 25.3. The third-order valence-corrected chi connectivity index (χ3v) is 4.74. The number of methoxy groups -OCH3 is 1. The van der Waals surface area contributed by atoms with Gasteiger partial charge >= 0.3 is 5.97 Å². The maximum absolute atomic E-state index is 12.4. The molecule has 33 heavy (non-hydrogen) atoms. The molecule has 0 aliphatic rings. The van der Waals surface area contributed by atoms with Crippen molar-refractivity contribution in [1.29, 1.82) is 0 Å². The molecule has 0 saturated heterocycles. The van der Waals surface area contributed by atoms with Gasteiger partial charge in [-0.25, -0.2) is 0 Å². The van der Waals surface area contributed by atoms with E-state index in [0.29, 0.717) is 5.56 Å². The van der Waals surface area contributed by atoms with Gasteiger partial charge in [-0.2, -0.15) is 0 Å². The van der Waals surface area contributed by atoms with Crippen molar-refractivity contribution in [3.63, 3.8) is 0 Å². The van der Waals surface area contributed by atoms with Crippen molar-refractivity contribution in [2.24, 2.45) is 0 Å². The minimum absolute atomic E-state index is 0.0514. The highest BCUT2D eigenvalue weighted by Crippen LogP contribution is 2.29. The molecule has 0 heterocycles. The average Bonchev–Trinajstić information content (AvgIpc) is 2.76. The fourth-order valence-corrected chi connectivity index (χ4v) is 2.81. The molecule has 0 aliphatic carbocycles. The SMILES string of the molecule is COc1ccc([N+](=O)[O-])cc1NC(=O)C(C)OC(=O)CNC(=O)c1ccc(C(C)(C)C)cc1. The summed E-state index contributed by atoms with van der Waals surface area (Å²) >= 11 is 0. The Kier molecular flexibility index (Phi) is 8.11. The first-order valence-electron chi connectivity index (χ1n) is 10.1. The number of esters is 1. The summed E-state index contributed by atoms with van der Waals surface area (Å²) in [5.74, 6) is -1.78. The Bertz CT molecular complexity index is 1040. The molecule has 2 aromatic rings. The molecule has 10 nitrogen and oxygen atoms in total. The summed E-state index contributed by atoms with van der Waals surface area (Å²) in [4.78, 5) is 47.0. The molecule has 0 bridgehead atoms. The Balaban J connectivity index is 1.91. The molecule has 176 valence electrons. The van der Waals surface area contributed by atoms with Gasteiger partial charge < -0.3 is 20.1 Å². The number of nitrogens with one attached hydrogen (secondary N) is 2. The van der Waals surface area contributed by atoms with Crippen LogP contribution in [0.2, 0.25) is 0 Å². The van der Waals surface area contributed by atoms with Gasteiger partial charge in [0.15, 0.2) is 6.10 Å². The molecule has 10 heteroatoms. The van der Waals surface area contributed by atoms with E-state index >= 15 is 0 Å². The highest BCUT2D eigenvalue weighted by atomic mass is 16.6. The molecule has 2 aromatic carbocycles. The monoisotopic (exact) mass is 457 g/mol. The molecule has 0 spiro atoms. The summed E-state index contributed by atoms with van der Waals surface area (Å²) in [6, 6.07) is 10.7. The molecule has 2 N–H and O–H groups in total. The summed E-state index contributed by atoms with van der Waals surface area (Å²) in [6.45, 7) is 7.08. The van der Waals surface area contributed by atoms with E-state index in [2.05, 4.69) is 31.4 Å². The third-order valence-electron chi connectivity index (χ3n) is 4.74. The van der Waals surface area contributed by atoms with E-state index < -0.39 is 35.4 Å². The summed E-state index contributed by atoms with van der Waals surface area (Å²) in [7, 11) is 1.35. The lowest BCUT2D eigenvalue weighted by molar-refractivity contribution is -0.384. The number of hydrogen-bond donors (Lipinski definition) is 2. The fraction of sp³-hybridized carbons (Fsp3) is 0.348. The van der Waals surface area contributed by atoms with Crippen molar-refractivity contribution in [1.82, 2.24) is 5.32 Å². The van der Waals surface area contributed by atoms with Gasteiger partial charge in [-0.3, -0.25) is 24.5 Å². The van der Waals surface area contributed by atoms with E-state index in [0.717, 1.165) is 11.6 Å². The van der Waals surface area contributed by atoms with Crippen molar-refractivity contribution >= 4 is 29.2 Å². The Morgan fingerprint density at radius 1 is 1.09 bits per heavy atom. The van der Waals surface area contributed by atoms with Crippen LogP contribution in [0.15, 0.2) is 42.5 Å². The quantitative estimate of drug-likeness (QED) is 0.353. The number of hydrogen-bond acceptors (Lipinski definition) is 7. The molecule has 0 aromatic heterocycles. The zero-order valence-electron chi connectivity index (χ0n) is 19.1. The molecular formula is C23H27N3O7. The average molecular weight is 457 g/mol. The summed E-state index contributed by atoms with van der Waals surface area (Å²) in [6.07, 6.45) is -1.22. The summed E-state index contributed by atoms with van der Waals surface area (Å²) in [5.41, 5.74) is 1.23. The lowest BCUT2D eigenvalue weighted by Gasteiger charge is -2.19. The van der Waals surface area contributed by atoms with Gasteiger partial charge in [-0.1, -0.05) is 32.9 Å². The molecule has 2 rings (SSSR count). The predicted molar refractivity (Wildman–Crippen MR) is 121 cm³/mol. The van der Waals surface area contributed by atoms with E-state index in [1.165, 1.54) is 26.2 Å². The van der Waals surface area contributed by atoms with Gasteiger partial charge in [0.1, 0.15) is 12.3 Å². The number of ether oxygens (including phenoxy) is 2.